The summed E-state index contributed by atoms with van der Waals surface area (Å²) in [6, 6.07) is 2.01. The lowest BCUT2D eigenvalue weighted by atomic mass is 9.93. The third kappa shape index (κ3) is 3.29. The third-order valence-electron chi connectivity index (χ3n) is 3.62. The van der Waals surface area contributed by atoms with Crippen LogP contribution in [0.2, 0.25) is 0 Å². The van der Waals surface area contributed by atoms with Crippen LogP contribution in [0.5, 0.6) is 0 Å². The second kappa shape index (κ2) is 6.46. The molecule has 1 N–H and O–H groups in total. The van der Waals surface area contributed by atoms with E-state index in [1.165, 1.54) is 0 Å². The molecule has 0 bridgehead atoms. The number of nitrogens with one attached hydrogen (secondary N) is 1. The van der Waals surface area contributed by atoms with Crippen LogP contribution >= 0.6 is 0 Å². The van der Waals surface area contributed by atoms with Gasteiger partial charge in [0.1, 0.15) is 0 Å². The zero-order valence-electron chi connectivity index (χ0n) is 14.2. The van der Waals surface area contributed by atoms with Crippen molar-refractivity contribution in [2.75, 3.05) is 6.54 Å². The van der Waals surface area contributed by atoms with Crippen molar-refractivity contribution in [3.8, 4) is 0 Å². The van der Waals surface area contributed by atoms with Gasteiger partial charge in [0.05, 0.1) is 17.0 Å². The van der Waals surface area contributed by atoms with Crippen molar-refractivity contribution in [1.29, 1.82) is 0 Å². The summed E-state index contributed by atoms with van der Waals surface area (Å²) < 4.78 is 1.84. The molecule has 2 aromatic rings. The van der Waals surface area contributed by atoms with Crippen LogP contribution in [0.25, 0.3) is 5.65 Å². The number of aryl methyl sites for hydroxylation is 1. The van der Waals surface area contributed by atoms with E-state index < -0.39 is 0 Å². The SMILES string of the molecule is CCCNC(=O)c1cnc2cc(C(C)(C)C)nn2c1CCC. The molecule has 0 saturated heterocycles. The molecule has 2 heterocycles. The Morgan fingerprint density at radius 2 is 2.00 bits per heavy atom. The fourth-order valence-electron chi connectivity index (χ4n) is 2.35. The Labute approximate surface area is 132 Å². The third-order valence-corrected chi connectivity index (χ3v) is 3.62. The zero-order chi connectivity index (χ0) is 16.3. The summed E-state index contributed by atoms with van der Waals surface area (Å²) in [7, 11) is 0. The molecule has 1 amide bonds. The first-order chi connectivity index (χ1) is 10.4. The molecular weight excluding hydrogens is 276 g/mol. The topological polar surface area (TPSA) is 59.3 Å². The van der Waals surface area contributed by atoms with Gasteiger partial charge in [-0.2, -0.15) is 5.10 Å². The van der Waals surface area contributed by atoms with Gasteiger partial charge in [-0.15, -0.1) is 0 Å². The van der Waals surface area contributed by atoms with Crippen LogP contribution in [0.15, 0.2) is 12.3 Å². The molecule has 0 fully saturated rings. The standard InChI is InChI=1S/C17H26N4O/c1-6-8-13-12(16(22)18-9-7-2)11-19-15-10-14(17(3,4)5)20-21(13)15/h10-11H,6-9H2,1-5H3,(H,18,22). The Hall–Kier alpha value is -1.91. The number of nitrogens with zero attached hydrogens (tertiary/aromatic N) is 3. The maximum Gasteiger partial charge on any atom is 0.254 e. The minimum atomic E-state index is -0.0625. The summed E-state index contributed by atoms with van der Waals surface area (Å²) in [5.74, 6) is -0.0625. The molecule has 120 valence electrons. The summed E-state index contributed by atoms with van der Waals surface area (Å²) in [6.07, 6.45) is 4.36. The number of rotatable bonds is 5. The van der Waals surface area contributed by atoms with Crippen molar-refractivity contribution in [3.05, 3.63) is 29.2 Å². The molecule has 2 aromatic heterocycles. The van der Waals surface area contributed by atoms with E-state index in [1.54, 1.807) is 6.20 Å². The van der Waals surface area contributed by atoms with E-state index in [-0.39, 0.29) is 11.3 Å². The molecule has 0 saturated carbocycles. The lowest BCUT2D eigenvalue weighted by Crippen LogP contribution is -2.26. The van der Waals surface area contributed by atoms with Gasteiger partial charge in [0.25, 0.3) is 5.91 Å². The van der Waals surface area contributed by atoms with Gasteiger partial charge in [0.15, 0.2) is 5.65 Å². The smallest absolute Gasteiger partial charge is 0.254 e. The van der Waals surface area contributed by atoms with Gasteiger partial charge < -0.3 is 5.32 Å². The van der Waals surface area contributed by atoms with Crippen LogP contribution in [0.4, 0.5) is 0 Å². The van der Waals surface area contributed by atoms with Gasteiger partial charge in [-0.05, 0) is 12.8 Å². The molecule has 0 aliphatic rings. The predicted molar refractivity (Wildman–Crippen MR) is 88.3 cm³/mol. The Bertz CT molecular complexity index is 667. The van der Waals surface area contributed by atoms with Crippen LogP contribution in [0.3, 0.4) is 0 Å². The molecule has 5 nitrogen and oxygen atoms in total. The number of carbonyl (C=O) groups is 1. The highest BCUT2D eigenvalue weighted by Crippen LogP contribution is 2.23. The maximum absolute atomic E-state index is 12.4. The zero-order valence-corrected chi connectivity index (χ0v) is 14.2. The molecule has 0 aliphatic heterocycles. The van der Waals surface area contributed by atoms with E-state index in [4.69, 9.17) is 5.10 Å². The van der Waals surface area contributed by atoms with Gasteiger partial charge in [0.2, 0.25) is 0 Å². The van der Waals surface area contributed by atoms with E-state index in [0.29, 0.717) is 12.1 Å². The Morgan fingerprint density at radius 3 is 2.59 bits per heavy atom. The quantitative estimate of drug-likeness (QED) is 0.923. The minimum absolute atomic E-state index is 0.0399. The average molecular weight is 302 g/mol. The van der Waals surface area contributed by atoms with Crippen LogP contribution in [0, 0.1) is 0 Å². The fraction of sp³-hybridized carbons (Fsp3) is 0.588. The molecule has 22 heavy (non-hydrogen) atoms. The summed E-state index contributed by atoms with van der Waals surface area (Å²) in [6.45, 7) is 11.2. The van der Waals surface area contributed by atoms with Crippen LogP contribution < -0.4 is 5.32 Å². The van der Waals surface area contributed by atoms with Crippen molar-refractivity contribution in [3.63, 3.8) is 0 Å². The van der Waals surface area contributed by atoms with Crippen LogP contribution in [-0.4, -0.2) is 27.0 Å². The van der Waals surface area contributed by atoms with Crippen molar-refractivity contribution in [2.45, 2.75) is 59.3 Å². The summed E-state index contributed by atoms with van der Waals surface area (Å²) in [5, 5.41) is 7.63. The van der Waals surface area contributed by atoms with E-state index in [2.05, 4.69) is 38.0 Å². The highest BCUT2D eigenvalue weighted by atomic mass is 16.1. The van der Waals surface area contributed by atoms with Gasteiger partial charge in [-0.1, -0.05) is 41.0 Å². The molecule has 0 atom stereocenters. The van der Waals surface area contributed by atoms with E-state index in [0.717, 1.165) is 36.3 Å². The van der Waals surface area contributed by atoms with E-state index in [1.807, 2.05) is 17.5 Å². The first-order valence-electron chi connectivity index (χ1n) is 8.04. The predicted octanol–water partition coefficient (Wildman–Crippen LogP) is 3.12. The largest absolute Gasteiger partial charge is 0.352 e. The summed E-state index contributed by atoms with van der Waals surface area (Å²) in [4.78, 5) is 16.8. The van der Waals surface area contributed by atoms with Crippen molar-refractivity contribution < 1.29 is 4.79 Å². The lowest BCUT2D eigenvalue weighted by molar-refractivity contribution is 0.0951. The minimum Gasteiger partial charge on any atom is -0.352 e. The molecule has 0 spiro atoms. The summed E-state index contributed by atoms with van der Waals surface area (Å²) >= 11 is 0. The van der Waals surface area contributed by atoms with Gasteiger partial charge >= 0.3 is 0 Å². The molecule has 0 radical (unpaired) electrons. The number of carbonyl (C=O) groups excluding carboxylic acids is 1. The lowest BCUT2D eigenvalue weighted by Gasteiger charge is -2.14. The fourth-order valence-corrected chi connectivity index (χ4v) is 2.35. The van der Waals surface area contributed by atoms with Crippen molar-refractivity contribution in [2.24, 2.45) is 0 Å². The van der Waals surface area contributed by atoms with Crippen molar-refractivity contribution in [1.82, 2.24) is 19.9 Å². The first-order valence-corrected chi connectivity index (χ1v) is 8.04. The second-order valence-electron chi connectivity index (χ2n) is 6.67. The molecule has 2 rings (SSSR count). The number of hydrogen-bond donors (Lipinski definition) is 1. The maximum atomic E-state index is 12.4. The molecule has 5 heteroatoms. The van der Waals surface area contributed by atoms with Gasteiger partial charge in [-0.3, -0.25) is 4.79 Å². The Kier molecular flexibility index (Phi) is 4.84. The van der Waals surface area contributed by atoms with E-state index >= 15 is 0 Å². The second-order valence-corrected chi connectivity index (χ2v) is 6.67. The highest BCUT2D eigenvalue weighted by Gasteiger charge is 2.21. The molecule has 0 unspecified atom stereocenters. The number of amides is 1. The average Bonchev–Trinajstić information content (AvgIpc) is 2.90. The highest BCUT2D eigenvalue weighted by molar-refractivity contribution is 5.95. The molecule has 0 aliphatic carbocycles. The van der Waals surface area contributed by atoms with Crippen LogP contribution in [-0.2, 0) is 11.8 Å². The number of aromatic nitrogens is 3. The van der Waals surface area contributed by atoms with Crippen molar-refractivity contribution >= 4 is 11.6 Å². The first kappa shape index (κ1) is 16.5. The molecule has 0 aromatic carbocycles. The normalized spacial score (nSPS) is 11.9. The van der Waals surface area contributed by atoms with Gasteiger partial charge in [0, 0.05) is 24.2 Å². The van der Waals surface area contributed by atoms with Crippen LogP contribution in [0.1, 0.15) is 69.2 Å². The van der Waals surface area contributed by atoms with Gasteiger partial charge in [-0.25, -0.2) is 9.50 Å². The number of fused-ring (bicyclic) bond motifs is 1. The Morgan fingerprint density at radius 1 is 1.27 bits per heavy atom. The number of hydrogen-bond acceptors (Lipinski definition) is 3. The van der Waals surface area contributed by atoms with E-state index in [9.17, 15) is 4.79 Å². The molecular formula is C17H26N4O. The monoisotopic (exact) mass is 302 g/mol. The summed E-state index contributed by atoms with van der Waals surface area (Å²) in [5.41, 5.74) is 3.33. The Balaban J connectivity index is 2.53.